The lowest BCUT2D eigenvalue weighted by atomic mass is 10.2. The van der Waals surface area contributed by atoms with Crippen molar-refractivity contribution in [2.45, 2.75) is 0 Å². The third kappa shape index (κ3) is 3.19. The first-order valence-corrected chi connectivity index (χ1v) is 8.34. The molecule has 2 aromatic rings. The molecule has 2 aromatic carbocycles. The molecule has 0 aliphatic carbocycles. The molecule has 1 amide bonds. The summed E-state index contributed by atoms with van der Waals surface area (Å²) in [6.45, 7) is 0. The Kier molecular flexibility index (Phi) is 4.66. The molecule has 1 aliphatic heterocycles. The van der Waals surface area contributed by atoms with Gasteiger partial charge in [-0.2, -0.15) is 0 Å². The number of nitro groups is 1. The smallest absolute Gasteiger partial charge is 0.268 e. The van der Waals surface area contributed by atoms with Crippen LogP contribution >= 0.6 is 35.6 Å². The topological polar surface area (TPSA) is 63.5 Å². The molecule has 0 aromatic heterocycles. The molecule has 0 unspecified atom stereocenters. The van der Waals surface area contributed by atoms with E-state index in [0.717, 1.165) is 17.3 Å². The lowest BCUT2D eigenvalue weighted by Crippen LogP contribution is -2.28. The number of thiocarbonyl (C=S) groups is 1. The van der Waals surface area contributed by atoms with Crippen LogP contribution in [0.1, 0.15) is 5.56 Å². The van der Waals surface area contributed by atoms with Crippen molar-refractivity contribution in [3.05, 3.63) is 74.1 Å². The second kappa shape index (κ2) is 6.72. The Morgan fingerprint density at radius 3 is 2.50 bits per heavy atom. The third-order valence-electron chi connectivity index (χ3n) is 3.28. The van der Waals surface area contributed by atoms with E-state index < -0.39 is 4.92 Å². The second-order valence-electron chi connectivity index (χ2n) is 4.81. The van der Waals surface area contributed by atoms with E-state index in [-0.39, 0.29) is 21.6 Å². The third-order valence-corrected chi connectivity index (χ3v) is 4.83. The van der Waals surface area contributed by atoms with Crippen LogP contribution in [0.25, 0.3) is 6.08 Å². The zero-order valence-electron chi connectivity index (χ0n) is 12.0. The molecule has 0 spiro atoms. The lowest BCUT2D eigenvalue weighted by Gasteiger charge is -2.14. The minimum atomic E-state index is -0.531. The van der Waals surface area contributed by atoms with E-state index in [1.54, 1.807) is 42.5 Å². The van der Waals surface area contributed by atoms with E-state index in [2.05, 4.69) is 0 Å². The van der Waals surface area contributed by atoms with E-state index in [0.29, 0.717) is 9.93 Å². The molecule has 1 fully saturated rings. The highest BCUT2D eigenvalue weighted by Gasteiger charge is 2.36. The predicted molar refractivity (Wildman–Crippen MR) is 100 cm³/mol. The number of halogens is 1. The Bertz CT molecular complexity index is 881. The number of rotatable bonds is 3. The number of carbonyl (C=O) groups excluding carboxylic acids is 1. The van der Waals surface area contributed by atoms with Gasteiger partial charge in [-0.3, -0.25) is 19.8 Å². The number of thioether (sulfide) groups is 1. The van der Waals surface area contributed by atoms with E-state index in [1.165, 1.54) is 17.0 Å². The number of hydrogen-bond donors (Lipinski definition) is 0. The van der Waals surface area contributed by atoms with Gasteiger partial charge in [0.25, 0.3) is 11.6 Å². The minimum Gasteiger partial charge on any atom is -0.268 e. The van der Waals surface area contributed by atoms with Gasteiger partial charge < -0.3 is 0 Å². The van der Waals surface area contributed by atoms with Crippen molar-refractivity contribution in [3.63, 3.8) is 0 Å². The summed E-state index contributed by atoms with van der Waals surface area (Å²) in [5.74, 6) is -0.380. The zero-order chi connectivity index (χ0) is 17.3. The summed E-state index contributed by atoms with van der Waals surface area (Å²) < 4.78 is 0.259. The number of amides is 1. The second-order valence-corrected chi connectivity index (χ2v) is 6.93. The lowest BCUT2D eigenvalue weighted by molar-refractivity contribution is -0.384. The van der Waals surface area contributed by atoms with Gasteiger partial charge in [-0.05, 0) is 29.8 Å². The number of nitrogens with zero attached hydrogens (tertiary/aromatic N) is 2. The first-order chi connectivity index (χ1) is 11.5. The Hall–Kier alpha value is -2.22. The summed E-state index contributed by atoms with van der Waals surface area (Å²) in [4.78, 5) is 24.9. The Morgan fingerprint density at radius 1 is 1.17 bits per heavy atom. The van der Waals surface area contributed by atoms with Crippen molar-refractivity contribution in [3.8, 4) is 0 Å². The van der Waals surface area contributed by atoms with Crippen LogP contribution in [0.5, 0.6) is 0 Å². The normalized spacial score (nSPS) is 16.0. The highest BCUT2D eigenvalue weighted by atomic mass is 35.5. The Balaban J connectivity index is 1.98. The van der Waals surface area contributed by atoms with E-state index in [9.17, 15) is 14.9 Å². The van der Waals surface area contributed by atoms with Crippen molar-refractivity contribution in [1.82, 2.24) is 0 Å². The molecule has 5 nitrogen and oxygen atoms in total. The van der Waals surface area contributed by atoms with Gasteiger partial charge in [0, 0.05) is 11.1 Å². The van der Waals surface area contributed by atoms with Crippen LogP contribution in [0.15, 0.2) is 53.4 Å². The van der Waals surface area contributed by atoms with Crippen LogP contribution in [-0.2, 0) is 4.79 Å². The van der Waals surface area contributed by atoms with Crippen LogP contribution in [0.3, 0.4) is 0 Å². The number of nitro benzene ring substituents is 1. The number of benzene rings is 2. The van der Waals surface area contributed by atoms with E-state index in [4.69, 9.17) is 23.8 Å². The molecule has 0 bridgehead atoms. The molecule has 3 rings (SSSR count). The van der Waals surface area contributed by atoms with Gasteiger partial charge in [0.2, 0.25) is 0 Å². The van der Waals surface area contributed by atoms with Crippen LogP contribution in [-0.4, -0.2) is 15.2 Å². The summed E-state index contributed by atoms with van der Waals surface area (Å²) in [7, 11) is 0. The molecule has 0 radical (unpaired) electrons. The fourth-order valence-electron chi connectivity index (χ4n) is 2.19. The maximum absolute atomic E-state index is 12.7. The van der Waals surface area contributed by atoms with Gasteiger partial charge >= 0.3 is 0 Å². The Labute approximate surface area is 152 Å². The summed E-state index contributed by atoms with van der Waals surface area (Å²) in [5, 5.41) is 11.8. The van der Waals surface area contributed by atoms with Gasteiger partial charge in [0.05, 0.1) is 9.83 Å². The maximum Gasteiger partial charge on any atom is 0.293 e. The SMILES string of the molecule is O=C1/C(=C/c2ccc(Cl)cc2)SC(=S)N1c1ccccc1[N+](=O)[O-]. The quantitative estimate of drug-likeness (QED) is 0.337. The number of hydrogen-bond acceptors (Lipinski definition) is 5. The molecule has 1 aliphatic rings. The fraction of sp³-hybridized carbons (Fsp3) is 0. The number of anilines is 1. The van der Waals surface area contributed by atoms with Gasteiger partial charge in [0.1, 0.15) is 5.69 Å². The van der Waals surface area contributed by atoms with Gasteiger partial charge in [-0.25, -0.2) is 0 Å². The van der Waals surface area contributed by atoms with Crippen LogP contribution in [0.2, 0.25) is 5.02 Å². The first kappa shape index (κ1) is 16.6. The molecule has 0 atom stereocenters. The van der Waals surface area contributed by atoms with Gasteiger partial charge in [0.15, 0.2) is 4.32 Å². The van der Waals surface area contributed by atoms with Crippen LogP contribution in [0, 0.1) is 10.1 Å². The van der Waals surface area contributed by atoms with Crippen molar-refractivity contribution < 1.29 is 9.72 Å². The fourth-order valence-corrected chi connectivity index (χ4v) is 3.60. The largest absolute Gasteiger partial charge is 0.293 e. The molecule has 120 valence electrons. The van der Waals surface area contributed by atoms with Crippen LogP contribution < -0.4 is 4.90 Å². The predicted octanol–water partition coefficient (Wildman–Crippen LogP) is 4.65. The van der Waals surface area contributed by atoms with E-state index in [1.807, 2.05) is 0 Å². The molecule has 8 heteroatoms. The summed E-state index contributed by atoms with van der Waals surface area (Å²) >= 11 is 12.2. The highest BCUT2D eigenvalue weighted by molar-refractivity contribution is 8.27. The summed E-state index contributed by atoms with van der Waals surface area (Å²) in [5.41, 5.74) is 0.800. The molecule has 0 saturated carbocycles. The number of carbonyl (C=O) groups is 1. The Morgan fingerprint density at radius 2 is 1.83 bits per heavy atom. The van der Waals surface area contributed by atoms with Crippen molar-refractivity contribution in [1.29, 1.82) is 0 Å². The van der Waals surface area contributed by atoms with Crippen molar-refractivity contribution >= 4 is 63.3 Å². The standard InChI is InChI=1S/C16H9ClN2O3S2/c17-11-7-5-10(6-8-11)9-14-15(20)18(16(23)24-14)12-3-1-2-4-13(12)19(21)22/h1-9H/b14-9-. The van der Waals surface area contributed by atoms with Gasteiger partial charge in [-0.1, -0.05) is 59.8 Å². The van der Waals surface area contributed by atoms with Gasteiger partial charge in [-0.15, -0.1) is 0 Å². The summed E-state index contributed by atoms with van der Waals surface area (Å²) in [6.07, 6.45) is 1.68. The molecule has 1 heterocycles. The number of para-hydroxylation sites is 2. The maximum atomic E-state index is 12.7. The molecular formula is C16H9ClN2O3S2. The first-order valence-electron chi connectivity index (χ1n) is 6.74. The van der Waals surface area contributed by atoms with Crippen molar-refractivity contribution in [2.24, 2.45) is 0 Å². The highest BCUT2D eigenvalue weighted by Crippen LogP contribution is 2.39. The molecule has 0 N–H and O–H groups in total. The monoisotopic (exact) mass is 376 g/mol. The average Bonchev–Trinajstić information content (AvgIpc) is 2.83. The van der Waals surface area contributed by atoms with E-state index >= 15 is 0 Å². The minimum absolute atomic E-state index is 0.165. The molecule has 1 saturated heterocycles. The van der Waals surface area contributed by atoms with Crippen LogP contribution in [0.4, 0.5) is 11.4 Å². The zero-order valence-corrected chi connectivity index (χ0v) is 14.4. The average molecular weight is 377 g/mol. The molecule has 24 heavy (non-hydrogen) atoms. The summed E-state index contributed by atoms with van der Waals surface area (Å²) in [6, 6.07) is 13.0. The molecular weight excluding hydrogens is 368 g/mol. The van der Waals surface area contributed by atoms with Crippen molar-refractivity contribution in [2.75, 3.05) is 4.90 Å².